The number of hydrogen-bond acceptors (Lipinski definition) is 6. The van der Waals surface area contributed by atoms with Gasteiger partial charge in [-0.1, -0.05) is 0 Å². The van der Waals surface area contributed by atoms with Crippen molar-refractivity contribution >= 4 is 23.0 Å². The van der Waals surface area contributed by atoms with E-state index in [0.29, 0.717) is 12.6 Å². The minimum absolute atomic E-state index is 0.0765. The maximum Gasteiger partial charge on any atom is 0.178 e. The molecule has 90 valence electrons. The summed E-state index contributed by atoms with van der Waals surface area (Å²) in [5.41, 5.74) is 4.47. The van der Waals surface area contributed by atoms with Crippen LogP contribution in [0.5, 0.6) is 0 Å². The topological polar surface area (TPSA) is 75.9 Å². The fourth-order valence-electron chi connectivity index (χ4n) is 1.19. The van der Waals surface area contributed by atoms with Gasteiger partial charge in [0, 0.05) is 11.4 Å². The second kappa shape index (κ2) is 5.02. The van der Waals surface area contributed by atoms with Crippen molar-refractivity contribution in [2.75, 3.05) is 10.7 Å². The predicted octanol–water partition coefficient (Wildman–Crippen LogP) is 1.71. The van der Waals surface area contributed by atoms with Gasteiger partial charge in [-0.05, 0) is 0 Å². The van der Waals surface area contributed by atoms with Crippen molar-refractivity contribution in [1.82, 2.24) is 9.97 Å². The number of pyridine rings is 1. The average Bonchev–Trinajstić information content (AvgIpc) is 2.81. The lowest BCUT2D eigenvalue weighted by Gasteiger charge is -2.08. The molecule has 0 spiro atoms. The highest BCUT2D eigenvalue weighted by atomic mass is 32.1. The summed E-state index contributed by atoms with van der Waals surface area (Å²) in [6.07, 6.45) is 0. The third-order valence-corrected chi connectivity index (χ3v) is 2.62. The van der Waals surface area contributed by atoms with Gasteiger partial charge >= 0.3 is 0 Å². The zero-order valence-electron chi connectivity index (χ0n) is 8.58. The summed E-state index contributed by atoms with van der Waals surface area (Å²) in [4.78, 5) is 7.68. The van der Waals surface area contributed by atoms with Crippen molar-refractivity contribution in [2.45, 2.75) is 6.54 Å². The molecule has 0 bridgehead atoms. The standard InChI is InChI=1S/C9H9F2N5S/c10-6-1-7(11)9(16-12)15-8(6)13-2-5-3-17-4-14-5/h1,3-4H,2,12H2,(H2,13,15,16). The van der Waals surface area contributed by atoms with Crippen LogP contribution in [-0.2, 0) is 6.54 Å². The molecule has 0 aliphatic rings. The summed E-state index contributed by atoms with van der Waals surface area (Å²) in [5.74, 6) is 3.13. The first-order chi connectivity index (χ1) is 8.20. The molecule has 2 rings (SSSR count). The molecule has 0 radical (unpaired) electrons. The highest BCUT2D eigenvalue weighted by Gasteiger charge is 2.10. The zero-order chi connectivity index (χ0) is 12.3. The second-order valence-electron chi connectivity index (χ2n) is 3.13. The summed E-state index contributed by atoms with van der Waals surface area (Å²) in [6, 6.07) is 0.714. The van der Waals surface area contributed by atoms with Gasteiger partial charge < -0.3 is 10.7 Å². The third-order valence-electron chi connectivity index (χ3n) is 1.99. The first kappa shape index (κ1) is 11.7. The van der Waals surface area contributed by atoms with E-state index in [9.17, 15) is 8.78 Å². The Balaban J connectivity index is 2.15. The van der Waals surface area contributed by atoms with Crippen LogP contribution in [0.3, 0.4) is 0 Å². The zero-order valence-corrected chi connectivity index (χ0v) is 9.39. The molecule has 5 nitrogen and oxygen atoms in total. The van der Waals surface area contributed by atoms with E-state index < -0.39 is 11.6 Å². The molecule has 0 aliphatic heterocycles. The molecular formula is C9H9F2N5S. The van der Waals surface area contributed by atoms with Crippen molar-refractivity contribution in [3.05, 3.63) is 34.3 Å². The van der Waals surface area contributed by atoms with Gasteiger partial charge in [-0.2, -0.15) is 0 Å². The molecule has 2 aromatic rings. The maximum atomic E-state index is 13.3. The van der Waals surface area contributed by atoms with Gasteiger partial charge in [-0.15, -0.1) is 11.3 Å². The summed E-state index contributed by atoms with van der Waals surface area (Å²) in [6.45, 7) is 0.309. The molecule has 0 saturated heterocycles. The van der Waals surface area contributed by atoms with Crippen molar-refractivity contribution in [1.29, 1.82) is 0 Å². The highest BCUT2D eigenvalue weighted by molar-refractivity contribution is 7.07. The molecule has 0 aromatic carbocycles. The fourth-order valence-corrected chi connectivity index (χ4v) is 1.75. The summed E-state index contributed by atoms with van der Waals surface area (Å²) >= 11 is 1.43. The Morgan fingerprint density at radius 2 is 2.06 bits per heavy atom. The number of nitrogens with two attached hydrogens (primary N) is 1. The number of nitrogens with zero attached hydrogens (tertiary/aromatic N) is 2. The largest absolute Gasteiger partial charge is 0.362 e. The van der Waals surface area contributed by atoms with Crippen molar-refractivity contribution in [3.8, 4) is 0 Å². The average molecular weight is 257 g/mol. The Morgan fingerprint density at radius 3 is 2.71 bits per heavy atom. The van der Waals surface area contributed by atoms with Crippen LogP contribution in [0.2, 0.25) is 0 Å². The number of rotatable bonds is 4. The van der Waals surface area contributed by atoms with Gasteiger partial charge in [0.05, 0.1) is 17.7 Å². The van der Waals surface area contributed by atoms with Crippen LogP contribution in [0.1, 0.15) is 5.69 Å². The minimum Gasteiger partial charge on any atom is -0.362 e. The second-order valence-corrected chi connectivity index (χ2v) is 3.85. The first-order valence-electron chi connectivity index (χ1n) is 4.64. The number of hydrazine groups is 1. The molecular weight excluding hydrogens is 248 g/mol. The van der Waals surface area contributed by atoms with Gasteiger partial charge in [0.2, 0.25) is 0 Å². The molecule has 2 heterocycles. The van der Waals surface area contributed by atoms with E-state index in [-0.39, 0.29) is 11.6 Å². The molecule has 0 saturated carbocycles. The summed E-state index contributed by atoms with van der Waals surface area (Å²) < 4.78 is 26.4. The number of nitrogens with one attached hydrogen (secondary N) is 2. The van der Waals surface area contributed by atoms with Crippen LogP contribution in [0.15, 0.2) is 17.0 Å². The summed E-state index contributed by atoms with van der Waals surface area (Å²) in [5, 5.41) is 4.53. The van der Waals surface area contributed by atoms with Gasteiger partial charge in [-0.3, -0.25) is 0 Å². The fraction of sp³-hybridized carbons (Fsp3) is 0.111. The Bertz CT molecular complexity index is 502. The quantitative estimate of drug-likeness (QED) is 0.574. The molecule has 0 fully saturated rings. The minimum atomic E-state index is -0.843. The van der Waals surface area contributed by atoms with Crippen molar-refractivity contribution in [3.63, 3.8) is 0 Å². The first-order valence-corrected chi connectivity index (χ1v) is 5.58. The normalized spacial score (nSPS) is 10.3. The van der Waals surface area contributed by atoms with Crippen LogP contribution in [0.25, 0.3) is 0 Å². The molecule has 2 aromatic heterocycles. The van der Waals surface area contributed by atoms with E-state index >= 15 is 0 Å². The molecule has 8 heteroatoms. The van der Waals surface area contributed by atoms with E-state index in [1.54, 1.807) is 5.51 Å². The predicted molar refractivity (Wildman–Crippen MR) is 61.4 cm³/mol. The van der Waals surface area contributed by atoms with Crippen LogP contribution >= 0.6 is 11.3 Å². The molecule has 0 amide bonds. The Labute approximate surface area is 99.7 Å². The summed E-state index contributed by atoms with van der Waals surface area (Å²) in [7, 11) is 0. The van der Waals surface area contributed by atoms with Crippen LogP contribution in [0, 0.1) is 11.6 Å². The highest BCUT2D eigenvalue weighted by Crippen LogP contribution is 2.18. The number of anilines is 2. The Morgan fingerprint density at radius 1 is 1.29 bits per heavy atom. The smallest absolute Gasteiger partial charge is 0.178 e. The van der Waals surface area contributed by atoms with Gasteiger partial charge in [0.15, 0.2) is 23.3 Å². The third kappa shape index (κ3) is 2.66. The molecule has 4 N–H and O–H groups in total. The number of halogens is 2. The lowest BCUT2D eigenvalue weighted by molar-refractivity contribution is 0.578. The lowest BCUT2D eigenvalue weighted by atomic mass is 10.4. The van der Waals surface area contributed by atoms with Crippen LogP contribution in [-0.4, -0.2) is 9.97 Å². The van der Waals surface area contributed by atoms with E-state index in [1.807, 2.05) is 10.8 Å². The molecule has 0 atom stereocenters. The van der Waals surface area contributed by atoms with E-state index in [1.165, 1.54) is 11.3 Å². The van der Waals surface area contributed by atoms with Crippen LogP contribution < -0.4 is 16.6 Å². The molecule has 0 unspecified atom stereocenters. The van der Waals surface area contributed by atoms with Gasteiger partial charge in [-0.25, -0.2) is 24.6 Å². The Hall–Kier alpha value is -1.80. The number of hydrogen-bond donors (Lipinski definition) is 3. The van der Waals surface area contributed by atoms with Crippen LogP contribution in [0.4, 0.5) is 20.4 Å². The van der Waals surface area contributed by atoms with Gasteiger partial charge in [0.1, 0.15) is 0 Å². The number of thiazole rings is 1. The van der Waals surface area contributed by atoms with E-state index in [0.717, 1.165) is 5.69 Å². The van der Waals surface area contributed by atoms with E-state index in [2.05, 4.69) is 15.3 Å². The monoisotopic (exact) mass is 257 g/mol. The number of nitrogen functional groups attached to an aromatic ring is 1. The van der Waals surface area contributed by atoms with E-state index in [4.69, 9.17) is 5.84 Å². The maximum absolute atomic E-state index is 13.3. The molecule has 0 aliphatic carbocycles. The van der Waals surface area contributed by atoms with Crippen molar-refractivity contribution < 1.29 is 8.78 Å². The lowest BCUT2D eigenvalue weighted by Crippen LogP contribution is -2.13. The molecule has 17 heavy (non-hydrogen) atoms. The van der Waals surface area contributed by atoms with Crippen molar-refractivity contribution in [2.24, 2.45) is 5.84 Å². The van der Waals surface area contributed by atoms with Gasteiger partial charge in [0.25, 0.3) is 0 Å². The Kier molecular flexibility index (Phi) is 3.45. The number of aromatic nitrogens is 2. The SMILES string of the molecule is NNc1nc(NCc2cscn2)c(F)cc1F.